The van der Waals surface area contributed by atoms with E-state index in [-0.39, 0.29) is 17.5 Å². The molecular formula is C43H62N8O4S. The third-order valence-electron chi connectivity index (χ3n) is 11.2. The Morgan fingerprint density at radius 1 is 1.14 bits per heavy atom. The number of hydrazine groups is 1. The molecule has 0 radical (unpaired) electrons. The van der Waals surface area contributed by atoms with Gasteiger partial charge in [-0.25, -0.2) is 9.99 Å². The molecule has 0 amide bonds. The number of hydrogen-bond acceptors (Lipinski definition) is 12. The molecule has 0 bridgehead atoms. The summed E-state index contributed by atoms with van der Waals surface area (Å²) in [5.41, 5.74) is 17.1. The number of carbonyl (C=O) groups is 2. The second kappa shape index (κ2) is 18.7. The zero-order chi connectivity index (χ0) is 40.0. The van der Waals surface area contributed by atoms with Crippen LogP contribution in [0.4, 0.5) is 5.69 Å². The summed E-state index contributed by atoms with van der Waals surface area (Å²) in [5.74, 6) is -0.282. The number of aryl methyl sites for hydroxylation is 1. The van der Waals surface area contributed by atoms with Crippen LogP contribution in [0.2, 0.25) is 0 Å². The number of thiazole rings is 1. The van der Waals surface area contributed by atoms with Gasteiger partial charge in [0, 0.05) is 112 Å². The molecule has 3 aliphatic rings. The quantitative estimate of drug-likeness (QED) is 0.111. The summed E-state index contributed by atoms with van der Waals surface area (Å²) in [6.07, 6.45) is 8.99. The first kappa shape index (κ1) is 41.9. The number of nitrogens with zero attached hydrogens (tertiary/aromatic N) is 6. The normalized spacial score (nSPS) is 18.0. The molecule has 13 heteroatoms. The summed E-state index contributed by atoms with van der Waals surface area (Å²) in [6, 6.07) is 9.06. The Hall–Kier alpha value is -3.72. The number of aromatic nitrogens is 3. The van der Waals surface area contributed by atoms with Crippen molar-refractivity contribution in [3.8, 4) is 22.5 Å². The van der Waals surface area contributed by atoms with Gasteiger partial charge >= 0.3 is 5.97 Å². The number of nitrogens with one attached hydrogen (secondary N) is 1. The Labute approximate surface area is 336 Å². The van der Waals surface area contributed by atoms with E-state index >= 15 is 0 Å². The summed E-state index contributed by atoms with van der Waals surface area (Å²) < 4.78 is 13.9. The van der Waals surface area contributed by atoms with Gasteiger partial charge in [0.15, 0.2) is 0 Å². The Bertz CT molecular complexity index is 1940. The van der Waals surface area contributed by atoms with Crippen LogP contribution in [0.3, 0.4) is 0 Å². The smallest absolute Gasteiger partial charge is 0.302 e. The molecule has 1 saturated carbocycles. The fourth-order valence-electron chi connectivity index (χ4n) is 7.88. The summed E-state index contributed by atoms with van der Waals surface area (Å²) in [6.45, 7) is 17.5. The number of nitrogens with two attached hydrogens (primary N) is 1. The minimum Gasteiger partial charge on any atom is -0.465 e. The maximum absolute atomic E-state index is 11.9. The van der Waals surface area contributed by atoms with Crippen molar-refractivity contribution in [2.24, 2.45) is 11.1 Å². The molecule has 3 aromatic heterocycles. The van der Waals surface area contributed by atoms with Crippen LogP contribution in [0.1, 0.15) is 82.7 Å². The highest BCUT2D eigenvalue weighted by molar-refractivity contribution is 7.10. The van der Waals surface area contributed by atoms with Crippen molar-refractivity contribution < 1.29 is 19.1 Å². The third kappa shape index (κ3) is 10.2. The second-order valence-electron chi connectivity index (χ2n) is 16.4. The number of hydrogen-bond donors (Lipinski definition) is 2. The first-order valence-corrected chi connectivity index (χ1v) is 21.2. The Kier molecular flexibility index (Phi) is 14.0. The number of carbonyl (C=O) groups excluding carboxylic acids is 2. The predicted octanol–water partition coefficient (Wildman–Crippen LogP) is 6.26. The van der Waals surface area contributed by atoms with E-state index in [1.165, 1.54) is 56.1 Å². The molecular weight excluding hydrogens is 725 g/mol. The maximum Gasteiger partial charge on any atom is 0.302 e. The lowest BCUT2D eigenvalue weighted by atomic mass is 9.84. The van der Waals surface area contributed by atoms with Crippen LogP contribution < -0.4 is 16.1 Å². The van der Waals surface area contributed by atoms with Crippen LogP contribution in [0.25, 0.3) is 33.4 Å². The topological polar surface area (TPSA) is 131 Å². The summed E-state index contributed by atoms with van der Waals surface area (Å²) in [4.78, 5) is 38.1. The standard InChI is InChI=1S/C38H50N6O4S.C5H12N2/c1-7-44-34-11-8-26(33-22-49-35(41-33)17-27(39)21-45)16-30(34)32(19-38(4,5)23-48-25(3)46)37(44)31-18-29(20-40-36(31)24(2)47-6)43-14-12-42(13-15-43)28-9-10-28;1-7-5-3-2-4-6-7/h8,11,16,18,20-22,24,27-28H,7,9-10,12-15,17,19,23,39H2,1-6H3;6H,2-5H2,1H3. The largest absolute Gasteiger partial charge is 0.465 e. The minimum absolute atomic E-state index is 0.220. The first-order valence-electron chi connectivity index (χ1n) is 20.3. The van der Waals surface area contributed by atoms with Gasteiger partial charge in [0.1, 0.15) is 6.29 Å². The zero-order valence-corrected chi connectivity index (χ0v) is 35.3. The number of methoxy groups -OCH3 is 1. The number of aldehydes is 1. The highest BCUT2D eigenvalue weighted by atomic mass is 32.1. The number of esters is 1. The highest BCUT2D eigenvalue weighted by Gasteiger charge is 2.33. The van der Waals surface area contributed by atoms with Crippen molar-refractivity contribution in [1.82, 2.24) is 29.9 Å². The van der Waals surface area contributed by atoms with E-state index in [0.717, 1.165) is 101 Å². The molecule has 1 aliphatic carbocycles. The molecule has 2 atom stereocenters. The van der Waals surface area contributed by atoms with Crippen LogP contribution >= 0.6 is 11.3 Å². The van der Waals surface area contributed by atoms with E-state index in [2.05, 4.69) is 83.8 Å². The van der Waals surface area contributed by atoms with E-state index < -0.39 is 6.04 Å². The Balaban J connectivity index is 0.000000685. The molecule has 2 saturated heterocycles. The Morgan fingerprint density at radius 3 is 2.52 bits per heavy atom. The van der Waals surface area contributed by atoms with Crippen LogP contribution in [0, 0.1) is 5.41 Å². The Morgan fingerprint density at radius 2 is 1.91 bits per heavy atom. The van der Waals surface area contributed by atoms with Crippen molar-refractivity contribution >= 4 is 40.2 Å². The lowest BCUT2D eigenvalue weighted by molar-refractivity contribution is -0.143. The van der Waals surface area contributed by atoms with E-state index in [1.54, 1.807) is 7.11 Å². The van der Waals surface area contributed by atoms with E-state index in [9.17, 15) is 9.59 Å². The predicted molar refractivity (Wildman–Crippen MR) is 226 cm³/mol. The molecule has 0 spiro atoms. The fraction of sp³-hybridized carbons (Fsp3) is 0.581. The molecule has 5 heterocycles. The van der Waals surface area contributed by atoms with E-state index in [0.29, 0.717) is 19.4 Å². The van der Waals surface area contributed by atoms with Crippen molar-refractivity contribution in [2.75, 3.05) is 64.9 Å². The van der Waals surface area contributed by atoms with Gasteiger partial charge in [-0.2, -0.15) is 0 Å². The second-order valence-corrected chi connectivity index (χ2v) is 17.3. The lowest BCUT2D eigenvalue weighted by Gasteiger charge is -2.36. The number of benzene rings is 1. The molecule has 2 aliphatic heterocycles. The van der Waals surface area contributed by atoms with Crippen molar-refractivity contribution in [3.63, 3.8) is 0 Å². The number of piperazine rings is 1. The highest BCUT2D eigenvalue weighted by Crippen LogP contribution is 2.43. The SMILES string of the molecule is CCn1c(-c2cc(N3CCN(C4CC4)CC3)cnc2C(C)OC)c(CC(C)(C)COC(C)=O)c2cc(-c3csc(CC(N)C=O)n3)ccc21.CN1CCCCN1. The fourth-order valence-corrected chi connectivity index (χ4v) is 8.76. The molecule has 56 heavy (non-hydrogen) atoms. The number of pyridine rings is 1. The molecule has 7 rings (SSSR count). The number of anilines is 1. The van der Waals surface area contributed by atoms with Crippen LogP contribution in [-0.4, -0.2) is 109 Å². The van der Waals surface area contributed by atoms with Crippen LogP contribution in [-0.2, 0) is 38.4 Å². The van der Waals surface area contributed by atoms with Crippen molar-refractivity contribution in [1.29, 1.82) is 0 Å². The van der Waals surface area contributed by atoms with Gasteiger partial charge in [-0.15, -0.1) is 11.3 Å². The number of fused-ring (bicyclic) bond motifs is 1. The molecule has 2 unspecified atom stereocenters. The summed E-state index contributed by atoms with van der Waals surface area (Å²) in [7, 11) is 3.81. The van der Waals surface area contributed by atoms with Crippen molar-refractivity contribution in [2.45, 2.75) is 97.9 Å². The van der Waals surface area contributed by atoms with Gasteiger partial charge < -0.3 is 29.5 Å². The average molecular weight is 787 g/mol. The monoisotopic (exact) mass is 786 g/mol. The molecule has 3 fully saturated rings. The van der Waals surface area contributed by atoms with E-state index in [4.69, 9.17) is 25.2 Å². The number of rotatable bonds is 14. The number of ether oxygens (including phenoxy) is 2. The van der Waals surface area contributed by atoms with Gasteiger partial charge in [-0.05, 0) is 69.7 Å². The van der Waals surface area contributed by atoms with Gasteiger partial charge in [0.05, 0.1) is 52.7 Å². The lowest BCUT2D eigenvalue weighted by Crippen LogP contribution is -2.47. The zero-order valence-electron chi connectivity index (χ0n) is 34.5. The van der Waals surface area contributed by atoms with Crippen molar-refractivity contribution in [3.05, 3.63) is 52.1 Å². The molecule has 4 aromatic rings. The van der Waals surface area contributed by atoms with Gasteiger partial charge in [0.25, 0.3) is 0 Å². The summed E-state index contributed by atoms with van der Waals surface area (Å²) in [5, 5.41) is 6.14. The first-order chi connectivity index (χ1) is 26.9. The van der Waals surface area contributed by atoms with Gasteiger partial charge in [-0.1, -0.05) is 19.9 Å². The van der Waals surface area contributed by atoms with E-state index in [1.807, 2.05) is 11.6 Å². The van der Waals surface area contributed by atoms with Gasteiger partial charge in [-0.3, -0.25) is 20.1 Å². The summed E-state index contributed by atoms with van der Waals surface area (Å²) >= 11 is 1.52. The van der Waals surface area contributed by atoms with Gasteiger partial charge in [0.2, 0.25) is 0 Å². The average Bonchev–Trinajstić information content (AvgIpc) is 3.88. The van der Waals surface area contributed by atoms with Crippen LogP contribution in [0.5, 0.6) is 0 Å². The molecule has 3 N–H and O–H groups in total. The minimum atomic E-state index is -0.566. The third-order valence-corrected chi connectivity index (χ3v) is 12.1. The molecule has 1 aromatic carbocycles. The maximum atomic E-state index is 11.9. The molecule has 12 nitrogen and oxygen atoms in total. The molecule has 304 valence electrons. The van der Waals surface area contributed by atoms with Crippen LogP contribution in [0.15, 0.2) is 35.8 Å².